The molecule has 0 radical (unpaired) electrons. The van der Waals surface area contributed by atoms with Gasteiger partial charge < -0.3 is 5.32 Å². The van der Waals surface area contributed by atoms with E-state index in [1.165, 1.54) is 0 Å². The van der Waals surface area contributed by atoms with Gasteiger partial charge in [0.2, 0.25) is 5.95 Å². The topological polar surface area (TPSA) is 55.6 Å². The quantitative estimate of drug-likeness (QED) is 0.777. The predicted molar refractivity (Wildman–Crippen MR) is 87.4 cm³/mol. The number of benzene rings is 1. The molecule has 0 saturated heterocycles. The average molecular weight is 347 g/mol. The number of aryl methyl sites for hydroxylation is 1. The molecule has 8 heteroatoms. The van der Waals surface area contributed by atoms with Crippen molar-refractivity contribution in [2.45, 2.75) is 26.6 Å². The molecule has 3 aromatic rings. The summed E-state index contributed by atoms with van der Waals surface area (Å²) in [4.78, 5) is 7.35. The van der Waals surface area contributed by atoms with Crippen molar-refractivity contribution in [3.8, 4) is 5.69 Å². The number of hydrogen-bond acceptors (Lipinski definition) is 4. The maximum atomic E-state index is 12.7. The number of anilines is 1. The van der Waals surface area contributed by atoms with E-state index in [9.17, 15) is 13.2 Å². The molecule has 2 aromatic heterocycles. The van der Waals surface area contributed by atoms with Gasteiger partial charge in [0.05, 0.1) is 11.4 Å². The normalized spacial score (nSPS) is 11.6. The fourth-order valence-electron chi connectivity index (χ4n) is 2.52. The number of rotatable bonds is 4. The third kappa shape index (κ3) is 3.62. The van der Waals surface area contributed by atoms with E-state index < -0.39 is 11.9 Å². The number of nitrogens with zero attached hydrogens (tertiary/aromatic N) is 4. The van der Waals surface area contributed by atoms with Crippen LogP contribution in [0.4, 0.5) is 19.1 Å². The van der Waals surface area contributed by atoms with E-state index in [2.05, 4.69) is 20.4 Å². The fourth-order valence-corrected chi connectivity index (χ4v) is 2.52. The largest absolute Gasteiger partial charge is 0.433 e. The minimum atomic E-state index is -4.50. The zero-order valence-corrected chi connectivity index (χ0v) is 13.7. The van der Waals surface area contributed by atoms with Gasteiger partial charge in [-0.3, -0.25) is 0 Å². The number of halogens is 3. The zero-order chi connectivity index (χ0) is 18.0. The summed E-state index contributed by atoms with van der Waals surface area (Å²) in [5, 5.41) is 7.35. The Morgan fingerprint density at radius 3 is 2.48 bits per heavy atom. The Hall–Kier alpha value is -2.90. The van der Waals surface area contributed by atoms with Crippen LogP contribution in [0.1, 0.15) is 22.6 Å². The lowest BCUT2D eigenvalue weighted by Gasteiger charge is -2.09. The summed E-state index contributed by atoms with van der Waals surface area (Å²) in [6.45, 7) is 4.05. The van der Waals surface area contributed by atoms with Gasteiger partial charge in [-0.25, -0.2) is 14.6 Å². The third-order valence-electron chi connectivity index (χ3n) is 3.81. The summed E-state index contributed by atoms with van der Waals surface area (Å²) in [6, 6.07) is 10.5. The molecule has 0 saturated carbocycles. The molecule has 2 heterocycles. The smallest absolute Gasteiger partial charge is 0.350 e. The monoisotopic (exact) mass is 347 g/mol. The van der Waals surface area contributed by atoms with Gasteiger partial charge in [0, 0.05) is 24.0 Å². The lowest BCUT2D eigenvalue weighted by Crippen LogP contribution is -2.12. The first kappa shape index (κ1) is 16.9. The van der Waals surface area contributed by atoms with Crippen LogP contribution in [-0.2, 0) is 12.7 Å². The molecule has 0 atom stereocenters. The highest BCUT2D eigenvalue weighted by molar-refractivity contribution is 5.38. The Bertz CT molecular complexity index is 872. The van der Waals surface area contributed by atoms with Crippen LogP contribution in [0.2, 0.25) is 0 Å². The first-order valence-corrected chi connectivity index (χ1v) is 7.61. The molecule has 3 rings (SSSR count). The highest BCUT2D eigenvalue weighted by Gasteiger charge is 2.32. The Kier molecular flexibility index (Phi) is 4.43. The molecule has 25 heavy (non-hydrogen) atoms. The van der Waals surface area contributed by atoms with E-state index in [1.807, 2.05) is 44.2 Å². The molecule has 0 aliphatic carbocycles. The Balaban J connectivity index is 1.82. The van der Waals surface area contributed by atoms with Gasteiger partial charge in [-0.2, -0.15) is 18.3 Å². The Morgan fingerprint density at radius 1 is 1.08 bits per heavy atom. The molecule has 0 bridgehead atoms. The maximum Gasteiger partial charge on any atom is 0.433 e. The van der Waals surface area contributed by atoms with Crippen molar-refractivity contribution >= 4 is 5.95 Å². The minimum absolute atomic E-state index is 0.0684. The van der Waals surface area contributed by atoms with Gasteiger partial charge in [-0.05, 0) is 32.0 Å². The average Bonchev–Trinajstić information content (AvgIpc) is 2.88. The second kappa shape index (κ2) is 6.54. The zero-order valence-electron chi connectivity index (χ0n) is 13.7. The van der Waals surface area contributed by atoms with Crippen molar-refractivity contribution < 1.29 is 13.2 Å². The van der Waals surface area contributed by atoms with Crippen LogP contribution in [0, 0.1) is 13.8 Å². The summed E-state index contributed by atoms with van der Waals surface area (Å²) in [7, 11) is 0. The van der Waals surface area contributed by atoms with Crippen LogP contribution >= 0.6 is 0 Å². The summed E-state index contributed by atoms with van der Waals surface area (Å²) in [5.74, 6) is -0.0684. The molecule has 0 aliphatic rings. The number of hydrogen-bond donors (Lipinski definition) is 1. The Morgan fingerprint density at radius 2 is 1.80 bits per heavy atom. The van der Waals surface area contributed by atoms with E-state index >= 15 is 0 Å². The van der Waals surface area contributed by atoms with Gasteiger partial charge in [-0.1, -0.05) is 18.2 Å². The highest BCUT2D eigenvalue weighted by atomic mass is 19.4. The highest BCUT2D eigenvalue weighted by Crippen LogP contribution is 2.27. The molecule has 0 amide bonds. The van der Waals surface area contributed by atoms with E-state index in [0.29, 0.717) is 0 Å². The van der Waals surface area contributed by atoms with E-state index in [1.54, 1.807) is 4.68 Å². The molecule has 0 fully saturated rings. The first-order valence-electron chi connectivity index (χ1n) is 7.61. The Labute approximate surface area is 142 Å². The van der Waals surface area contributed by atoms with Crippen LogP contribution in [0.25, 0.3) is 5.69 Å². The summed E-state index contributed by atoms with van der Waals surface area (Å²) in [5.41, 5.74) is 2.54. The number of alkyl halides is 3. The first-order chi connectivity index (χ1) is 11.9. The second-order valence-corrected chi connectivity index (χ2v) is 5.51. The van der Waals surface area contributed by atoms with Crippen LogP contribution in [-0.4, -0.2) is 19.7 Å². The molecule has 130 valence electrons. The van der Waals surface area contributed by atoms with Crippen molar-refractivity contribution in [3.63, 3.8) is 0 Å². The summed E-state index contributed by atoms with van der Waals surface area (Å²) < 4.78 is 40.0. The van der Waals surface area contributed by atoms with E-state index in [0.717, 1.165) is 34.9 Å². The van der Waals surface area contributed by atoms with Crippen LogP contribution in [0.3, 0.4) is 0 Å². The summed E-state index contributed by atoms with van der Waals surface area (Å²) in [6.07, 6.45) is -3.41. The lowest BCUT2D eigenvalue weighted by atomic mass is 10.2. The number of aromatic nitrogens is 4. The van der Waals surface area contributed by atoms with Crippen molar-refractivity contribution in [2.75, 3.05) is 5.32 Å². The van der Waals surface area contributed by atoms with E-state index in [-0.39, 0.29) is 12.5 Å². The van der Waals surface area contributed by atoms with Crippen molar-refractivity contribution in [2.24, 2.45) is 0 Å². The van der Waals surface area contributed by atoms with Gasteiger partial charge >= 0.3 is 6.18 Å². The van der Waals surface area contributed by atoms with Crippen molar-refractivity contribution in [1.29, 1.82) is 0 Å². The third-order valence-corrected chi connectivity index (χ3v) is 3.81. The van der Waals surface area contributed by atoms with Gasteiger partial charge in [0.25, 0.3) is 0 Å². The van der Waals surface area contributed by atoms with Crippen molar-refractivity contribution in [1.82, 2.24) is 19.7 Å². The van der Waals surface area contributed by atoms with Gasteiger partial charge in [0.1, 0.15) is 5.69 Å². The minimum Gasteiger partial charge on any atom is -0.350 e. The van der Waals surface area contributed by atoms with Crippen LogP contribution in [0.15, 0.2) is 42.6 Å². The number of nitrogens with one attached hydrogen (secondary N) is 1. The summed E-state index contributed by atoms with van der Waals surface area (Å²) >= 11 is 0. The predicted octanol–water partition coefficient (Wildman–Crippen LogP) is 3.91. The molecule has 1 aromatic carbocycles. The molecular formula is C17H16F3N5. The number of para-hydroxylation sites is 1. The van der Waals surface area contributed by atoms with Crippen molar-refractivity contribution in [3.05, 3.63) is 65.2 Å². The molecule has 0 spiro atoms. The molecule has 0 unspecified atom stereocenters. The second-order valence-electron chi connectivity index (χ2n) is 5.51. The molecular weight excluding hydrogens is 331 g/mol. The molecule has 1 N–H and O–H groups in total. The van der Waals surface area contributed by atoms with Gasteiger partial charge in [0.15, 0.2) is 0 Å². The SMILES string of the molecule is Cc1nn(-c2ccccc2)c(C)c1CNc1nccc(C(F)(F)F)n1. The van der Waals surface area contributed by atoms with E-state index in [4.69, 9.17) is 0 Å². The fraction of sp³-hybridized carbons (Fsp3) is 0.235. The standard InChI is InChI=1S/C17H16F3N5/c1-11-14(12(2)25(24-11)13-6-4-3-5-7-13)10-22-16-21-9-8-15(23-16)17(18,19)20/h3-9H,10H2,1-2H3,(H,21,22,23). The van der Waals surface area contributed by atoms with Gasteiger partial charge in [-0.15, -0.1) is 0 Å². The lowest BCUT2D eigenvalue weighted by molar-refractivity contribution is -0.141. The van der Waals surface area contributed by atoms with Crippen LogP contribution < -0.4 is 5.32 Å². The van der Waals surface area contributed by atoms with Crippen LogP contribution in [0.5, 0.6) is 0 Å². The maximum absolute atomic E-state index is 12.7. The molecule has 0 aliphatic heterocycles. The molecule has 5 nitrogen and oxygen atoms in total.